The van der Waals surface area contributed by atoms with Gasteiger partial charge in [-0.1, -0.05) is 24.3 Å². The maximum atomic E-state index is 9.02. The Labute approximate surface area is 134 Å². The monoisotopic (exact) mass is 310 g/mol. The molecule has 0 aliphatic rings. The Balaban J connectivity index is 1.98. The third-order valence-electron chi connectivity index (χ3n) is 2.80. The average molecular weight is 310 g/mol. The summed E-state index contributed by atoms with van der Waals surface area (Å²) in [7, 11) is 1.60. The minimum absolute atomic E-state index is 0.300. The Morgan fingerprint density at radius 2 is 1.95 bits per heavy atom. The second-order valence-electron chi connectivity index (χ2n) is 4.22. The van der Waals surface area contributed by atoms with E-state index in [1.54, 1.807) is 31.5 Å². The molecule has 22 heavy (non-hydrogen) atoms. The number of para-hydroxylation sites is 2. The number of hydrogen-bond donors (Lipinski definition) is 2. The lowest BCUT2D eigenvalue weighted by Crippen LogP contribution is -2.24. The van der Waals surface area contributed by atoms with Crippen LogP contribution in [0.3, 0.4) is 0 Å². The van der Waals surface area contributed by atoms with Crippen molar-refractivity contribution in [3.8, 4) is 11.8 Å². The lowest BCUT2D eigenvalue weighted by Gasteiger charge is -2.08. The highest BCUT2D eigenvalue weighted by atomic mass is 32.1. The van der Waals surface area contributed by atoms with Gasteiger partial charge in [0.1, 0.15) is 11.8 Å². The molecule has 0 fully saturated rings. The number of nitriles is 1. The molecule has 2 aromatic rings. The topological polar surface area (TPSA) is 69.4 Å². The first-order chi connectivity index (χ1) is 10.7. The second-order valence-corrected chi connectivity index (χ2v) is 4.63. The van der Waals surface area contributed by atoms with E-state index in [2.05, 4.69) is 21.9 Å². The normalized spacial score (nSPS) is 10.0. The smallest absolute Gasteiger partial charge is 0.191 e. The maximum Gasteiger partial charge on any atom is 0.191 e. The van der Waals surface area contributed by atoms with Crippen molar-refractivity contribution in [2.75, 3.05) is 12.4 Å². The molecule has 0 unspecified atom stereocenters. The predicted molar refractivity (Wildman–Crippen MR) is 91.1 cm³/mol. The van der Waals surface area contributed by atoms with E-state index in [0.29, 0.717) is 16.4 Å². The number of rotatable bonds is 4. The molecule has 5 nitrogen and oxygen atoms in total. The molecule has 0 spiro atoms. The van der Waals surface area contributed by atoms with E-state index in [9.17, 15) is 0 Å². The number of anilines is 1. The minimum atomic E-state index is 0.300. The zero-order chi connectivity index (χ0) is 15.8. The van der Waals surface area contributed by atoms with Crippen molar-refractivity contribution in [3.63, 3.8) is 0 Å². The highest BCUT2D eigenvalue weighted by Gasteiger charge is 2.02. The summed E-state index contributed by atoms with van der Waals surface area (Å²) in [4.78, 5) is 0. The van der Waals surface area contributed by atoms with E-state index in [1.807, 2.05) is 30.3 Å². The van der Waals surface area contributed by atoms with Crippen LogP contribution >= 0.6 is 12.2 Å². The van der Waals surface area contributed by atoms with Crippen LogP contribution in [0, 0.1) is 11.3 Å². The van der Waals surface area contributed by atoms with Gasteiger partial charge in [0.25, 0.3) is 0 Å². The van der Waals surface area contributed by atoms with Gasteiger partial charge in [-0.05, 0) is 36.5 Å². The molecule has 0 heterocycles. The summed E-state index contributed by atoms with van der Waals surface area (Å²) < 4.78 is 5.23. The summed E-state index contributed by atoms with van der Waals surface area (Å²) in [6, 6.07) is 16.7. The molecule has 110 valence electrons. The van der Waals surface area contributed by atoms with E-state index in [1.165, 1.54) is 0 Å². The van der Waals surface area contributed by atoms with Crippen LogP contribution in [0.1, 0.15) is 11.1 Å². The van der Waals surface area contributed by atoms with E-state index >= 15 is 0 Å². The van der Waals surface area contributed by atoms with E-state index in [-0.39, 0.29) is 0 Å². The van der Waals surface area contributed by atoms with Crippen molar-refractivity contribution in [2.24, 2.45) is 5.10 Å². The first kappa shape index (κ1) is 15.5. The fraction of sp³-hybridized carbons (Fsp3) is 0.0625. The first-order valence-electron chi connectivity index (χ1n) is 6.47. The lowest BCUT2D eigenvalue weighted by molar-refractivity contribution is 0.414. The van der Waals surface area contributed by atoms with Gasteiger partial charge in [-0.3, -0.25) is 5.43 Å². The molecule has 2 aromatic carbocycles. The quantitative estimate of drug-likeness (QED) is 0.516. The Kier molecular flexibility index (Phi) is 5.46. The highest BCUT2D eigenvalue weighted by Crippen LogP contribution is 2.15. The zero-order valence-electron chi connectivity index (χ0n) is 11.9. The molecular formula is C16H14N4OS. The molecule has 0 bridgehead atoms. The SMILES string of the molecule is COc1ccccc1/C=N/NC(=S)Nc1ccccc1C#N. The molecule has 0 aliphatic carbocycles. The third kappa shape index (κ3) is 4.04. The number of nitrogens with one attached hydrogen (secondary N) is 2. The Bertz CT molecular complexity index is 737. The number of thiocarbonyl (C=S) groups is 1. The van der Waals surface area contributed by atoms with Crippen LogP contribution in [0.25, 0.3) is 0 Å². The van der Waals surface area contributed by atoms with Gasteiger partial charge in [0.05, 0.1) is 24.6 Å². The van der Waals surface area contributed by atoms with Crippen LogP contribution < -0.4 is 15.5 Å². The van der Waals surface area contributed by atoms with Crippen LogP contribution in [-0.2, 0) is 0 Å². The van der Waals surface area contributed by atoms with Gasteiger partial charge in [-0.25, -0.2) is 0 Å². The van der Waals surface area contributed by atoms with Crippen molar-refractivity contribution in [1.29, 1.82) is 5.26 Å². The van der Waals surface area contributed by atoms with E-state index < -0.39 is 0 Å². The van der Waals surface area contributed by atoms with Crippen LogP contribution in [-0.4, -0.2) is 18.4 Å². The van der Waals surface area contributed by atoms with Crippen LogP contribution in [0.2, 0.25) is 0 Å². The van der Waals surface area contributed by atoms with Crippen molar-refractivity contribution in [3.05, 3.63) is 59.7 Å². The summed E-state index contributed by atoms with van der Waals surface area (Å²) in [5.41, 5.74) is 4.69. The first-order valence-corrected chi connectivity index (χ1v) is 6.87. The second kappa shape index (κ2) is 7.76. The summed E-state index contributed by atoms with van der Waals surface area (Å²) in [5, 5.41) is 16.3. The standard InChI is InChI=1S/C16H14N4OS/c1-21-15-9-5-3-7-13(15)11-18-20-16(22)19-14-8-4-2-6-12(14)10-17/h2-9,11H,1H3,(H2,19,20,22)/b18-11+. The molecule has 0 radical (unpaired) electrons. The number of nitrogens with zero attached hydrogens (tertiary/aromatic N) is 2. The molecular weight excluding hydrogens is 296 g/mol. The maximum absolute atomic E-state index is 9.02. The molecule has 0 saturated heterocycles. The number of methoxy groups -OCH3 is 1. The van der Waals surface area contributed by atoms with Gasteiger partial charge in [-0.2, -0.15) is 10.4 Å². The van der Waals surface area contributed by atoms with Crippen LogP contribution in [0.15, 0.2) is 53.6 Å². The van der Waals surface area contributed by atoms with Gasteiger partial charge in [0.15, 0.2) is 5.11 Å². The Morgan fingerprint density at radius 1 is 1.23 bits per heavy atom. The van der Waals surface area contributed by atoms with Gasteiger partial charge < -0.3 is 10.1 Å². The zero-order valence-corrected chi connectivity index (χ0v) is 12.7. The van der Waals surface area contributed by atoms with Crippen molar-refractivity contribution >= 4 is 29.2 Å². The van der Waals surface area contributed by atoms with Gasteiger partial charge >= 0.3 is 0 Å². The van der Waals surface area contributed by atoms with Gasteiger partial charge in [-0.15, -0.1) is 0 Å². The van der Waals surface area contributed by atoms with Gasteiger partial charge in [0.2, 0.25) is 0 Å². The van der Waals surface area contributed by atoms with Crippen molar-refractivity contribution < 1.29 is 4.74 Å². The predicted octanol–water partition coefficient (Wildman–Crippen LogP) is 2.89. The van der Waals surface area contributed by atoms with Gasteiger partial charge in [0, 0.05) is 5.56 Å². The van der Waals surface area contributed by atoms with E-state index in [4.69, 9.17) is 22.2 Å². The summed E-state index contributed by atoms with van der Waals surface area (Å²) in [5.74, 6) is 0.724. The van der Waals surface area contributed by atoms with E-state index in [0.717, 1.165) is 11.3 Å². The summed E-state index contributed by atoms with van der Waals surface area (Å²) in [6.45, 7) is 0. The summed E-state index contributed by atoms with van der Waals surface area (Å²) in [6.07, 6.45) is 1.61. The fourth-order valence-corrected chi connectivity index (χ4v) is 1.94. The number of benzene rings is 2. The van der Waals surface area contributed by atoms with Crippen molar-refractivity contribution in [1.82, 2.24) is 5.43 Å². The molecule has 6 heteroatoms. The third-order valence-corrected chi connectivity index (χ3v) is 3.00. The summed E-state index contributed by atoms with van der Waals surface area (Å²) >= 11 is 5.14. The molecule has 2 N–H and O–H groups in total. The highest BCUT2D eigenvalue weighted by molar-refractivity contribution is 7.80. The number of hydrogen-bond acceptors (Lipinski definition) is 4. The lowest BCUT2D eigenvalue weighted by atomic mass is 10.2. The molecule has 0 aliphatic heterocycles. The minimum Gasteiger partial charge on any atom is -0.496 e. The van der Waals surface area contributed by atoms with Crippen LogP contribution in [0.4, 0.5) is 5.69 Å². The van der Waals surface area contributed by atoms with Crippen LogP contribution in [0.5, 0.6) is 5.75 Å². The molecule has 2 rings (SSSR count). The number of ether oxygens (including phenoxy) is 1. The van der Waals surface area contributed by atoms with Crippen molar-refractivity contribution in [2.45, 2.75) is 0 Å². The molecule has 0 amide bonds. The fourth-order valence-electron chi connectivity index (χ4n) is 1.77. The molecule has 0 saturated carbocycles. The molecule has 0 aromatic heterocycles. The average Bonchev–Trinajstić information content (AvgIpc) is 2.55. The largest absolute Gasteiger partial charge is 0.496 e. The Morgan fingerprint density at radius 3 is 2.73 bits per heavy atom. The number of hydrazone groups is 1. The Hall–Kier alpha value is -2.91. The molecule has 0 atom stereocenters.